The molecule has 0 spiro atoms. The van der Waals surface area contributed by atoms with Gasteiger partial charge in [-0.25, -0.2) is 4.79 Å². The number of nitrogens with one attached hydrogen (secondary N) is 1. The Kier molecular flexibility index (Phi) is 3.98. The number of hydrogen-bond donors (Lipinski definition) is 1. The van der Waals surface area contributed by atoms with Gasteiger partial charge in [0.25, 0.3) is 0 Å². The van der Waals surface area contributed by atoms with E-state index in [2.05, 4.69) is 4.98 Å². The van der Waals surface area contributed by atoms with Gasteiger partial charge in [-0.05, 0) is 32.0 Å². The molecule has 0 aliphatic rings. The highest BCUT2D eigenvalue weighted by molar-refractivity contribution is 6.11. The van der Waals surface area contributed by atoms with Crippen molar-refractivity contribution in [1.29, 1.82) is 0 Å². The highest BCUT2D eigenvalue weighted by Gasteiger charge is 2.24. The van der Waals surface area contributed by atoms with Crippen molar-refractivity contribution < 1.29 is 14.3 Å². The lowest BCUT2D eigenvalue weighted by atomic mass is 10.0. The molecule has 0 radical (unpaired) electrons. The summed E-state index contributed by atoms with van der Waals surface area (Å²) in [6.45, 7) is 3.45. The van der Waals surface area contributed by atoms with Crippen LogP contribution in [0.1, 0.15) is 33.3 Å². The Morgan fingerprint density at radius 2 is 1.65 bits per heavy atom. The molecule has 1 N–H and O–H groups in total. The average molecular weight is 307 g/mol. The molecule has 3 aromatic rings. The number of aromatic nitrogens is 1. The first-order valence-corrected chi connectivity index (χ1v) is 7.45. The van der Waals surface area contributed by atoms with Gasteiger partial charge in [-0.15, -0.1) is 0 Å². The molecular weight excluding hydrogens is 290 g/mol. The Balaban J connectivity index is 1.85. The molecule has 0 aliphatic carbocycles. The molecule has 0 bridgehead atoms. The zero-order valence-corrected chi connectivity index (χ0v) is 13.0. The molecule has 0 aliphatic heterocycles. The zero-order chi connectivity index (χ0) is 16.4. The number of ketones is 1. The highest BCUT2D eigenvalue weighted by atomic mass is 16.5. The summed E-state index contributed by atoms with van der Waals surface area (Å²) in [5, 5.41) is 0.845. The number of esters is 1. The highest BCUT2D eigenvalue weighted by Crippen LogP contribution is 2.24. The molecule has 2 aromatic carbocycles. The summed E-state index contributed by atoms with van der Waals surface area (Å²) >= 11 is 0. The number of hydrogen-bond acceptors (Lipinski definition) is 3. The summed E-state index contributed by atoms with van der Waals surface area (Å²) in [4.78, 5) is 28.0. The fourth-order valence-corrected chi connectivity index (χ4v) is 2.65. The number of H-pyrrole nitrogens is 1. The number of Topliss-reactive ketones (excluding diaryl/α,β-unsaturated/α-hetero) is 1. The van der Waals surface area contributed by atoms with Crippen LogP contribution in [0.4, 0.5) is 0 Å². The summed E-state index contributed by atoms with van der Waals surface area (Å²) in [7, 11) is 0. The minimum absolute atomic E-state index is 0.204. The SMILES string of the molecule is Cc1[nH]c2ccccc2c1C(=O)[C@@H](C)OC(=O)c1ccccc1. The summed E-state index contributed by atoms with van der Waals surface area (Å²) in [5.41, 5.74) is 2.69. The zero-order valence-electron chi connectivity index (χ0n) is 13.0. The van der Waals surface area contributed by atoms with Gasteiger partial charge < -0.3 is 9.72 Å². The van der Waals surface area contributed by atoms with Gasteiger partial charge in [-0.3, -0.25) is 4.79 Å². The molecule has 0 amide bonds. The van der Waals surface area contributed by atoms with E-state index in [4.69, 9.17) is 4.74 Å². The monoisotopic (exact) mass is 307 g/mol. The Morgan fingerprint density at radius 1 is 1.00 bits per heavy atom. The van der Waals surface area contributed by atoms with Gasteiger partial charge in [0.1, 0.15) is 0 Å². The summed E-state index contributed by atoms with van der Waals surface area (Å²) in [5.74, 6) is -0.701. The van der Waals surface area contributed by atoms with Crippen LogP contribution in [0.2, 0.25) is 0 Å². The van der Waals surface area contributed by atoms with Crippen LogP contribution in [0.3, 0.4) is 0 Å². The Labute approximate surface area is 134 Å². The molecule has 23 heavy (non-hydrogen) atoms. The van der Waals surface area contributed by atoms with Crippen molar-refractivity contribution >= 4 is 22.7 Å². The number of carbonyl (C=O) groups is 2. The minimum Gasteiger partial charge on any atom is -0.451 e. The van der Waals surface area contributed by atoms with Gasteiger partial charge in [0.05, 0.1) is 5.56 Å². The topological polar surface area (TPSA) is 59.2 Å². The number of fused-ring (bicyclic) bond motifs is 1. The molecule has 1 heterocycles. The lowest BCUT2D eigenvalue weighted by Crippen LogP contribution is -2.24. The third kappa shape index (κ3) is 2.88. The second-order valence-corrected chi connectivity index (χ2v) is 5.45. The molecule has 4 heteroatoms. The molecule has 4 nitrogen and oxygen atoms in total. The number of aromatic amines is 1. The minimum atomic E-state index is -0.847. The first-order chi connectivity index (χ1) is 11.1. The second-order valence-electron chi connectivity index (χ2n) is 5.45. The van der Waals surface area contributed by atoms with Crippen LogP contribution in [-0.2, 0) is 4.74 Å². The number of ether oxygens (including phenoxy) is 1. The van der Waals surface area contributed by atoms with Gasteiger partial charge in [-0.1, -0.05) is 36.4 Å². The van der Waals surface area contributed by atoms with Crippen LogP contribution in [0.15, 0.2) is 54.6 Å². The van der Waals surface area contributed by atoms with E-state index in [0.29, 0.717) is 11.1 Å². The third-order valence-electron chi connectivity index (χ3n) is 3.80. The van der Waals surface area contributed by atoms with E-state index in [9.17, 15) is 9.59 Å². The van der Waals surface area contributed by atoms with E-state index in [1.165, 1.54) is 0 Å². The van der Waals surface area contributed by atoms with Crippen LogP contribution in [0, 0.1) is 6.92 Å². The van der Waals surface area contributed by atoms with E-state index >= 15 is 0 Å². The molecule has 0 saturated carbocycles. The van der Waals surface area contributed by atoms with Gasteiger partial charge in [0.15, 0.2) is 6.10 Å². The maximum atomic E-state index is 12.7. The van der Waals surface area contributed by atoms with Gasteiger partial charge in [-0.2, -0.15) is 0 Å². The number of aryl methyl sites for hydroxylation is 1. The van der Waals surface area contributed by atoms with Crippen molar-refractivity contribution in [2.75, 3.05) is 0 Å². The fourth-order valence-electron chi connectivity index (χ4n) is 2.65. The molecule has 1 aromatic heterocycles. The van der Waals surface area contributed by atoms with Crippen molar-refractivity contribution in [2.45, 2.75) is 20.0 Å². The largest absolute Gasteiger partial charge is 0.451 e. The molecule has 0 saturated heterocycles. The fraction of sp³-hybridized carbons (Fsp3) is 0.158. The van der Waals surface area contributed by atoms with Gasteiger partial charge in [0.2, 0.25) is 5.78 Å². The maximum Gasteiger partial charge on any atom is 0.338 e. The number of para-hydroxylation sites is 1. The van der Waals surface area contributed by atoms with E-state index in [1.807, 2.05) is 37.3 Å². The van der Waals surface area contributed by atoms with Crippen LogP contribution in [0.5, 0.6) is 0 Å². The average Bonchev–Trinajstić information content (AvgIpc) is 2.90. The maximum absolute atomic E-state index is 12.7. The van der Waals surface area contributed by atoms with Crippen LogP contribution < -0.4 is 0 Å². The molecule has 0 fully saturated rings. The van der Waals surface area contributed by atoms with Crippen molar-refractivity contribution in [1.82, 2.24) is 4.98 Å². The predicted molar refractivity (Wildman–Crippen MR) is 88.7 cm³/mol. The van der Waals surface area contributed by atoms with Crippen molar-refractivity contribution in [2.24, 2.45) is 0 Å². The first kappa shape index (κ1) is 15.0. The Bertz CT molecular complexity index is 865. The Morgan fingerprint density at radius 3 is 2.39 bits per heavy atom. The number of carbonyl (C=O) groups excluding carboxylic acids is 2. The number of rotatable bonds is 4. The van der Waals surface area contributed by atoms with Gasteiger partial charge in [0, 0.05) is 22.2 Å². The quantitative estimate of drug-likeness (QED) is 0.587. The van der Waals surface area contributed by atoms with Crippen LogP contribution in [0.25, 0.3) is 10.9 Å². The second kappa shape index (κ2) is 6.08. The first-order valence-electron chi connectivity index (χ1n) is 7.45. The van der Waals surface area contributed by atoms with E-state index in [0.717, 1.165) is 16.6 Å². The molecule has 0 unspecified atom stereocenters. The lowest BCUT2D eigenvalue weighted by molar-refractivity contribution is 0.0319. The predicted octanol–water partition coefficient (Wildman–Crippen LogP) is 3.90. The van der Waals surface area contributed by atoms with Crippen LogP contribution in [-0.4, -0.2) is 22.8 Å². The lowest BCUT2D eigenvalue weighted by Gasteiger charge is -2.12. The number of benzene rings is 2. The molecule has 116 valence electrons. The normalized spacial score (nSPS) is 12.1. The smallest absolute Gasteiger partial charge is 0.338 e. The van der Waals surface area contributed by atoms with Crippen molar-refractivity contribution in [3.63, 3.8) is 0 Å². The molecule has 1 atom stereocenters. The van der Waals surface area contributed by atoms with E-state index in [-0.39, 0.29) is 5.78 Å². The standard InChI is InChI=1S/C19H17NO3/c1-12-17(15-10-6-7-11-16(15)20-12)18(21)13(2)23-19(22)14-8-4-3-5-9-14/h3-11,13,20H,1-2H3/t13-/m1/s1. The van der Waals surface area contributed by atoms with Crippen LogP contribution >= 0.6 is 0 Å². The summed E-state index contributed by atoms with van der Waals surface area (Å²) < 4.78 is 5.32. The van der Waals surface area contributed by atoms with E-state index < -0.39 is 12.1 Å². The van der Waals surface area contributed by atoms with Gasteiger partial charge >= 0.3 is 5.97 Å². The Hall–Kier alpha value is -2.88. The summed E-state index contributed by atoms with van der Waals surface area (Å²) in [6.07, 6.45) is -0.847. The van der Waals surface area contributed by atoms with E-state index in [1.54, 1.807) is 31.2 Å². The van der Waals surface area contributed by atoms with Crippen molar-refractivity contribution in [3.8, 4) is 0 Å². The van der Waals surface area contributed by atoms with Crippen molar-refractivity contribution in [3.05, 3.63) is 71.4 Å². The molecular formula is C19H17NO3. The molecule has 3 rings (SSSR count). The third-order valence-corrected chi connectivity index (χ3v) is 3.80. The summed E-state index contributed by atoms with van der Waals surface area (Å²) in [6, 6.07) is 16.3.